The standard InChI is InChI=1S/C14H20BrNO2/c15-10-3-4-11-12(9-2-1-5-16-8-9)7-14(17)18-13(11)6-10/h7,9-11,13,16H,1-6,8H2. The van der Waals surface area contributed by atoms with Gasteiger partial charge in [-0.1, -0.05) is 21.5 Å². The van der Waals surface area contributed by atoms with Gasteiger partial charge in [0.1, 0.15) is 6.10 Å². The molecule has 2 fully saturated rings. The molecule has 1 aliphatic carbocycles. The lowest BCUT2D eigenvalue weighted by molar-refractivity contribution is -0.148. The fraction of sp³-hybridized carbons (Fsp3) is 0.786. The maximum Gasteiger partial charge on any atom is 0.331 e. The first-order valence-corrected chi connectivity index (χ1v) is 7.92. The number of esters is 1. The molecule has 0 radical (unpaired) electrons. The molecule has 2 aliphatic heterocycles. The highest BCUT2D eigenvalue weighted by Gasteiger charge is 2.39. The van der Waals surface area contributed by atoms with Crippen molar-refractivity contribution < 1.29 is 9.53 Å². The topological polar surface area (TPSA) is 38.3 Å². The van der Waals surface area contributed by atoms with Crippen LogP contribution in [-0.2, 0) is 9.53 Å². The van der Waals surface area contributed by atoms with Gasteiger partial charge in [-0.05, 0) is 44.6 Å². The van der Waals surface area contributed by atoms with E-state index in [4.69, 9.17) is 4.74 Å². The van der Waals surface area contributed by atoms with Gasteiger partial charge in [-0.3, -0.25) is 0 Å². The molecule has 0 aromatic carbocycles. The fourth-order valence-corrected chi connectivity index (χ4v) is 4.21. The van der Waals surface area contributed by atoms with Gasteiger partial charge in [-0.25, -0.2) is 4.79 Å². The minimum atomic E-state index is -0.126. The zero-order valence-electron chi connectivity index (χ0n) is 10.5. The number of nitrogens with one attached hydrogen (secondary N) is 1. The predicted octanol–water partition coefficient (Wildman–Crippen LogP) is 2.40. The van der Waals surface area contributed by atoms with Gasteiger partial charge in [0.15, 0.2) is 0 Å². The summed E-state index contributed by atoms with van der Waals surface area (Å²) >= 11 is 3.66. The minimum Gasteiger partial charge on any atom is -0.459 e. The number of hydrogen-bond donors (Lipinski definition) is 1. The summed E-state index contributed by atoms with van der Waals surface area (Å²) in [4.78, 5) is 12.3. The van der Waals surface area contributed by atoms with Crippen LogP contribution in [0.2, 0.25) is 0 Å². The van der Waals surface area contributed by atoms with Crippen LogP contribution in [0, 0.1) is 11.8 Å². The lowest BCUT2D eigenvalue weighted by Crippen LogP contribution is -2.42. The molecule has 0 bridgehead atoms. The molecular formula is C14H20BrNO2. The molecule has 3 nitrogen and oxygen atoms in total. The third kappa shape index (κ3) is 2.50. The first-order valence-electron chi connectivity index (χ1n) is 7.01. The third-order valence-corrected chi connectivity index (χ3v) is 5.31. The van der Waals surface area contributed by atoms with Crippen LogP contribution in [0.3, 0.4) is 0 Å². The van der Waals surface area contributed by atoms with Crippen molar-refractivity contribution >= 4 is 21.9 Å². The van der Waals surface area contributed by atoms with Crippen molar-refractivity contribution in [3.05, 3.63) is 11.6 Å². The zero-order valence-corrected chi connectivity index (χ0v) is 12.1. The maximum absolute atomic E-state index is 11.7. The molecule has 2 heterocycles. The summed E-state index contributed by atoms with van der Waals surface area (Å²) in [5.41, 5.74) is 1.36. The Bertz CT molecular complexity index is 363. The molecular weight excluding hydrogens is 294 g/mol. The number of ether oxygens (including phenoxy) is 1. The first-order chi connectivity index (χ1) is 8.74. The van der Waals surface area contributed by atoms with Crippen molar-refractivity contribution in [2.24, 2.45) is 11.8 Å². The first kappa shape index (κ1) is 12.7. The average molecular weight is 314 g/mol. The number of hydrogen-bond acceptors (Lipinski definition) is 3. The van der Waals surface area contributed by atoms with E-state index >= 15 is 0 Å². The number of alkyl halides is 1. The van der Waals surface area contributed by atoms with Crippen molar-refractivity contribution in [1.29, 1.82) is 0 Å². The summed E-state index contributed by atoms with van der Waals surface area (Å²) < 4.78 is 5.52. The van der Waals surface area contributed by atoms with E-state index in [0.717, 1.165) is 25.9 Å². The quantitative estimate of drug-likeness (QED) is 0.597. The van der Waals surface area contributed by atoms with Crippen molar-refractivity contribution in [3.8, 4) is 0 Å². The van der Waals surface area contributed by atoms with Crippen LogP contribution in [0.15, 0.2) is 11.6 Å². The number of halogens is 1. The Morgan fingerprint density at radius 1 is 1.33 bits per heavy atom. The van der Waals surface area contributed by atoms with Gasteiger partial charge >= 0.3 is 5.97 Å². The second kappa shape index (κ2) is 5.33. The van der Waals surface area contributed by atoms with E-state index in [1.54, 1.807) is 6.08 Å². The van der Waals surface area contributed by atoms with Crippen molar-refractivity contribution in [2.75, 3.05) is 13.1 Å². The van der Waals surface area contributed by atoms with Crippen LogP contribution < -0.4 is 5.32 Å². The summed E-state index contributed by atoms with van der Waals surface area (Å²) in [7, 11) is 0. The van der Waals surface area contributed by atoms with E-state index in [9.17, 15) is 4.79 Å². The van der Waals surface area contributed by atoms with Crippen LogP contribution in [0.5, 0.6) is 0 Å². The number of piperidine rings is 1. The molecule has 1 saturated heterocycles. The molecule has 0 aromatic rings. The van der Waals surface area contributed by atoms with Gasteiger partial charge in [0.2, 0.25) is 0 Å². The highest BCUT2D eigenvalue weighted by molar-refractivity contribution is 9.09. The number of fused-ring (bicyclic) bond motifs is 1. The van der Waals surface area contributed by atoms with Crippen molar-refractivity contribution in [2.45, 2.75) is 43.0 Å². The normalized spacial score (nSPS) is 40.7. The van der Waals surface area contributed by atoms with E-state index in [-0.39, 0.29) is 12.1 Å². The minimum absolute atomic E-state index is 0.109. The van der Waals surface area contributed by atoms with Gasteiger partial charge in [0.25, 0.3) is 0 Å². The molecule has 0 spiro atoms. The molecule has 4 atom stereocenters. The van der Waals surface area contributed by atoms with Gasteiger partial charge in [-0.15, -0.1) is 0 Å². The molecule has 3 aliphatic rings. The van der Waals surface area contributed by atoms with Crippen LogP contribution in [-0.4, -0.2) is 30.0 Å². The molecule has 100 valence electrons. The Morgan fingerprint density at radius 3 is 3.00 bits per heavy atom. The fourth-order valence-electron chi connectivity index (χ4n) is 3.58. The Morgan fingerprint density at radius 2 is 2.22 bits per heavy atom. The third-order valence-electron chi connectivity index (χ3n) is 4.48. The summed E-state index contributed by atoms with van der Waals surface area (Å²) in [5.74, 6) is 0.894. The Labute approximate surface area is 116 Å². The van der Waals surface area contributed by atoms with Gasteiger partial charge in [0, 0.05) is 23.4 Å². The van der Waals surface area contributed by atoms with Crippen LogP contribution in [0.25, 0.3) is 0 Å². The molecule has 4 unspecified atom stereocenters. The summed E-state index contributed by atoms with van der Waals surface area (Å²) in [6.45, 7) is 2.14. The number of carbonyl (C=O) groups is 1. The predicted molar refractivity (Wildman–Crippen MR) is 73.6 cm³/mol. The average Bonchev–Trinajstić information content (AvgIpc) is 2.38. The van der Waals surface area contributed by atoms with Gasteiger partial charge in [0.05, 0.1) is 0 Å². The van der Waals surface area contributed by atoms with E-state index in [1.807, 2.05) is 0 Å². The monoisotopic (exact) mass is 313 g/mol. The summed E-state index contributed by atoms with van der Waals surface area (Å²) in [5, 5.41) is 3.45. The SMILES string of the molecule is O=C1C=C(C2CCCNC2)C2CCC(Br)CC2O1. The molecule has 1 saturated carbocycles. The lowest BCUT2D eigenvalue weighted by Gasteiger charge is -2.41. The van der Waals surface area contributed by atoms with Crippen molar-refractivity contribution in [1.82, 2.24) is 5.32 Å². The van der Waals surface area contributed by atoms with Gasteiger partial charge < -0.3 is 10.1 Å². The van der Waals surface area contributed by atoms with Crippen LogP contribution in [0.1, 0.15) is 32.1 Å². The zero-order chi connectivity index (χ0) is 12.5. The number of rotatable bonds is 1. The second-order valence-corrected chi connectivity index (χ2v) is 6.97. The molecule has 3 rings (SSSR count). The Kier molecular flexibility index (Phi) is 3.76. The highest BCUT2D eigenvalue weighted by atomic mass is 79.9. The maximum atomic E-state index is 11.7. The van der Waals surface area contributed by atoms with Crippen molar-refractivity contribution in [3.63, 3.8) is 0 Å². The Hall–Kier alpha value is -0.350. The van der Waals surface area contributed by atoms with E-state index < -0.39 is 0 Å². The van der Waals surface area contributed by atoms with Gasteiger partial charge in [-0.2, -0.15) is 0 Å². The van der Waals surface area contributed by atoms with E-state index in [1.165, 1.54) is 24.8 Å². The lowest BCUT2D eigenvalue weighted by atomic mass is 9.73. The largest absolute Gasteiger partial charge is 0.459 e. The van der Waals surface area contributed by atoms with E-state index in [2.05, 4.69) is 21.2 Å². The van der Waals surface area contributed by atoms with Crippen LogP contribution in [0.4, 0.5) is 0 Å². The Balaban J connectivity index is 1.80. The van der Waals surface area contributed by atoms with E-state index in [0.29, 0.717) is 16.7 Å². The van der Waals surface area contributed by atoms with Crippen LogP contribution >= 0.6 is 15.9 Å². The summed E-state index contributed by atoms with van der Waals surface area (Å²) in [6, 6.07) is 0. The smallest absolute Gasteiger partial charge is 0.331 e. The summed E-state index contributed by atoms with van der Waals surface area (Å²) in [6.07, 6.45) is 7.63. The molecule has 0 aromatic heterocycles. The molecule has 1 N–H and O–H groups in total. The molecule has 18 heavy (non-hydrogen) atoms. The highest BCUT2D eigenvalue weighted by Crippen LogP contribution is 2.41. The number of carbonyl (C=O) groups excluding carboxylic acids is 1. The molecule has 0 amide bonds. The second-order valence-electron chi connectivity index (χ2n) is 5.68. The molecule has 4 heteroatoms.